The van der Waals surface area contributed by atoms with E-state index in [4.69, 9.17) is 0 Å². The van der Waals surface area contributed by atoms with Gasteiger partial charge in [-0.1, -0.05) is 31.4 Å². The highest BCUT2D eigenvalue weighted by molar-refractivity contribution is 6.14. The van der Waals surface area contributed by atoms with Gasteiger partial charge in [0.2, 0.25) is 0 Å². The lowest BCUT2D eigenvalue weighted by Crippen LogP contribution is -2.33. The van der Waals surface area contributed by atoms with E-state index >= 15 is 0 Å². The number of benzene rings is 1. The van der Waals surface area contributed by atoms with Crippen LogP contribution in [0.2, 0.25) is 0 Å². The number of nitrogens with one attached hydrogen (secondary N) is 1. The molecule has 1 amide bonds. The highest BCUT2D eigenvalue weighted by atomic mass is 19.1. The molecular weight excluding hydrogens is 323 g/mol. The molecule has 1 aromatic carbocycles. The molecule has 0 bridgehead atoms. The maximum absolute atomic E-state index is 13.5. The van der Waals surface area contributed by atoms with Gasteiger partial charge in [0, 0.05) is 12.8 Å². The van der Waals surface area contributed by atoms with Gasteiger partial charge in [0.05, 0.1) is 17.4 Å². The number of carbonyl (C=O) groups is 2. The number of hydrazone groups is 1. The van der Waals surface area contributed by atoms with Crippen LogP contribution in [0.15, 0.2) is 40.7 Å². The number of nitrogens with zero attached hydrogens (tertiary/aromatic N) is 1. The van der Waals surface area contributed by atoms with Crippen LogP contribution < -0.4 is 5.43 Å². The van der Waals surface area contributed by atoms with E-state index in [1.165, 1.54) is 24.6 Å². The Labute approximate surface area is 145 Å². The molecule has 132 valence electrons. The molecule has 0 atom stereocenters. The third kappa shape index (κ3) is 3.78. The predicted octanol–water partition coefficient (Wildman–Crippen LogP) is 3.67. The minimum absolute atomic E-state index is 0.0297. The first-order valence-corrected chi connectivity index (χ1v) is 8.54. The molecule has 3 rings (SSSR count). The Hall–Kier alpha value is -2.50. The number of carbonyl (C=O) groups excluding carboxylic acids is 2. The Morgan fingerprint density at radius 2 is 1.92 bits per heavy atom. The summed E-state index contributed by atoms with van der Waals surface area (Å²) in [4.78, 5) is 24.3. The molecule has 1 aromatic rings. The minimum Gasteiger partial charge on any atom is -0.511 e. The van der Waals surface area contributed by atoms with Gasteiger partial charge in [-0.25, -0.2) is 9.82 Å². The molecule has 0 aromatic heterocycles. The topological polar surface area (TPSA) is 78.8 Å². The van der Waals surface area contributed by atoms with Gasteiger partial charge in [0.15, 0.2) is 5.78 Å². The van der Waals surface area contributed by atoms with Crippen molar-refractivity contribution in [1.82, 2.24) is 5.43 Å². The van der Waals surface area contributed by atoms with E-state index < -0.39 is 11.7 Å². The lowest BCUT2D eigenvalue weighted by Gasteiger charge is -2.39. The number of ketones is 1. The average Bonchev–Trinajstić information content (AvgIpc) is 2.58. The second-order valence-electron chi connectivity index (χ2n) is 6.88. The van der Waals surface area contributed by atoms with Crippen LogP contribution in [0.5, 0.6) is 0 Å². The van der Waals surface area contributed by atoms with E-state index in [9.17, 15) is 19.1 Å². The average molecular weight is 344 g/mol. The summed E-state index contributed by atoms with van der Waals surface area (Å²) >= 11 is 0. The van der Waals surface area contributed by atoms with Crippen molar-refractivity contribution in [2.24, 2.45) is 10.5 Å². The molecule has 2 aliphatic rings. The fourth-order valence-corrected chi connectivity index (χ4v) is 3.77. The third-order valence-corrected chi connectivity index (χ3v) is 5.08. The van der Waals surface area contributed by atoms with Gasteiger partial charge in [-0.05, 0) is 30.4 Å². The summed E-state index contributed by atoms with van der Waals surface area (Å²) in [6, 6.07) is 5.56. The summed E-state index contributed by atoms with van der Waals surface area (Å²) in [5.74, 6) is -1.48. The zero-order chi connectivity index (χ0) is 17.9. The number of allylic oxidation sites excluding steroid dienone is 2. The van der Waals surface area contributed by atoms with Crippen LogP contribution in [0.1, 0.15) is 55.3 Å². The molecule has 1 fully saturated rings. The van der Waals surface area contributed by atoms with Crippen molar-refractivity contribution < 1.29 is 19.1 Å². The molecule has 0 unspecified atom stereocenters. The highest BCUT2D eigenvalue weighted by Crippen LogP contribution is 2.47. The van der Waals surface area contributed by atoms with Gasteiger partial charge >= 0.3 is 0 Å². The lowest BCUT2D eigenvalue weighted by atomic mass is 9.65. The van der Waals surface area contributed by atoms with Crippen LogP contribution in [0, 0.1) is 11.2 Å². The monoisotopic (exact) mass is 344 g/mol. The molecular formula is C19H21FN2O3. The number of rotatable bonds is 3. The molecule has 25 heavy (non-hydrogen) atoms. The van der Waals surface area contributed by atoms with E-state index in [2.05, 4.69) is 10.5 Å². The number of amides is 1. The quantitative estimate of drug-likeness (QED) is 0.649. The SMILES string of the molecule is O=C1CC2(CCCCC2)CC(O)=C1C=NNC(=O)c1ccccc1F. The van der Waals surface area contributed by atoms with E-state index in [0.717, 1.165) is 31.9 Å². The Kier molecular flexibility index (Phi) is 4.97. The van der Waals surface area contributed by atoms with E-state index in [1.807, 2.05) is 0 Å². The normalized spacial score (nSPS) is 20.3. The van der Waals surface area contributed by atoms with E-state index in [-0.39, 0.29) is 28.1 Å². The maximum atomic E-state index is 13.5. The van der Waals surface area contributed by atoms with Crippen LogP contribution in [0.4, 0.5) is 4.39 Å². The zero-order valence-electron chi connectivity index (χ0n) is 13.9. The van der Waals surface area contributed by atoms with E-state index in [1.54, 1.807) is 6.07 Å². The van der Waals surface area contributed by atoms with Gasteiger partial charge in [-0.3, -0.25) is 9.59 Å². The van der Waals surface area contributed by atoms with Gasteiger partial charge in [-0.15, -0.1) is 0 Å². The van der Waals surface area contributed by atoms with Crippen molar-refractivity contribution in [2.45, 2.75) is 44.9 Å². The summed E-state index contributed by atoms with van der Waals surface area (Å²) in [5.41, 5.74) is 2.07. The zero-order valence-corrected chi connectivity index (χ0v) is 13.9. The number of aliphatic hydroxyl groups is 1. The Morgan fingerprint density at radius 1 is 1.20 bits per heavy atom. The number of Topliss-reactive ketones (excluding diaryl/α,β-unsaturated/α-hetero) is 1. The number of aliphatic hydroxyl groups excluding tert-OH is 1. The first-order chi connectivity index (χ1) is 12.0. The van der Waals surface area contributed by atoms with Crippen molar-refractivity contribution in [2.75, 3.05) is 0 Å². The van der Waals surface area contributed by atoms with Crippen LogP contribution >= 0.6 is 0 Å². The summed E-state index contributed by atoms with van der Waals surface area (Å²) in [7, 11) is 0. The molecule has 1 spiro atoms. The third-order valence-electron chi connectivity index (χ3n) is 5.08. The molecule has 2 aliphatic carbocycles. The van der Waals surface area contributed by atoms with Crippen molar-refractivity contribution in [1.29, 1.82) is 0 Å². The Bertz CT molecular complexity index is 749. The van der Waals surface area contributed by atoms with Gasteiger partial charge < -0.3 is 5.11 Å². The first-order valence-electron chi connectivity index (χ1n) is 8.54. The van der Waals surface area contributed by atoms with Crippen LogP contribution in [0.3, 0.4) is 0 Å². The van der Waals surface area contributed by atoms with Gasteiger partial charge in [0.1, 0.15) is 11.6 Å². The molecule has 0 saturated heterocycles. The highest BCUT2D eigenvalue weighted by Gasteiger charge is 2.40. The standard InChI is InChI=1S/C19H21FN2O3/c20-15-7-3-2-6-13(15)18(25)22-21-12-14-16(23)10-19(11-17(14)24)8-4-1-5-9-19/h2-3,6-7,12,23H,1,4-5,8-11H2,(H,22,25). The summed E-state index contributed by atoms with van der Waals surface area (Å²) < 4.78 is 13.5. The molecule has 0 radical (unpaired) electrons. The van der Waals surface area contributed by atoms with Crippen LogP contribution in [0.25, 0.3) is 0 Å². The molecule has 5 nitrogen and oxygen atoms in total. The number of halogens is 1. The molecule has 1 saturated carbocycles. The van der Waals surface area contributed by atoms with Crippen molar-refractivity contribution in [3.8, 4) is 0 Å². The second kappa shape index (κ2) is 7.17. The largest absolute Gasteiger partial charge is 0.511 e. The van der Waals surface area contributed by atoms with Crippen molar-refractivity contribution in [3.05, 3.63) is 47.0 Å². The van der Waals surface area contributed by atoms with Crippen LogP contribution in [-0.4, -0.2) is 23.0 Å². The summed E-state index contributed by atoms with van der Waals surface area (Å²) in [5, 5.41) is 14.0. The van der Waals surface area contributed by atoms with Crippen molar-refractivity contribution >= 4 is 17.9 Å². The molecule has 0 aliphatic heterocycles. The molecule has 6 heteroatoms. The summed E-state index contributed by atoms with van der Waals surface area (Å²) in [6.45, 7) is 0. The molecule has 2 N–H and O–H groups in total. The fourth-order valence-electron chi connectivity index (χ4n) is 3.77. The van der Waals surface area contributed by atoms with Gasteiger partial charge in [-0.2, -0.15) is 5.10 Å². The Balaban J connectivity index is 1.68. The minimum atomic E-state index is -0.707. The fraction of sp³-hybridized carbons (Fsp3) is 0.421. The van der Waals surface area contributed by atoms with Crippen molar-refractivity contribution in [3.63, 3.8) is 0 Å². The molecule has 0 heterocycles. The first kappa shape index (κ1) is 17.3. The van der Waals surface area contributed by atoms with E-state index in [0.29, 0.717) is 12.8 Å². The lowest BCUT2D eigenvalue weighted by molar-refractivity contribution is -0.119. The van der Waals surface area contributed by atoms with Crippen LogP contribution in [-0.2, 0) is 4.79 Å². The number of hydrogen-bond donors (Lipinski definition) is 2. The smallest absolute Gasteiger partial charge is 0.274 e. The second-order valence-corrected chi connectivity index (χ2v) is 6.88. The predicted molar refractivity (Wildman–Crippen MR) is 91.8 cm³/mol. The maximum Gasteiger partial charge on any atom is 0.274 e. The summed E-state index contributed by atoms with van der Waals surface area (Å²) in [6.07, 6.45) is 7.30. The number of hydrogen-bond acceptors (Lipinski definition) is 4. The Morgan fingerprint density at radius 3 is 2.60 bits per heavy atom. The van der Waals surface area contributed by atoms with Gasteiger partial charge in [0.25, 0.3) is 5.91 Å².